The fraction of sp³-hybridized carbons (Fsp3) is 0.838. The van der Waals surface area contributed by atoms with E-state index in [2.05, 4.69) is 40.7 Å². The molecule has 4 saturated carbocycles. The highest BCUT2D eigenvalue weighted by molar-refractivity contribution is 5.87. The summed E-state index contributed by atoms with van der Waals surface area (Å²) in [6.07, 6.45) is 6.74. The molecule has 7 nitrogen and oxygen atoms in total. The van der Waals surface area contributed by atoms with E-state index in [0.29, 0.717) is 30.3 Å². The summed E-state index contributed by atoms with van der Waals surface area (Å²) in [6.45, 7) is 20.2. The zero-order valence-corrected chi connectivity index (χ0v) is 28.8. The largest absolute Gasteiger partial charge is 0.458 e. The molecule has 3 N–H and O–H groups in total. The lowest BCUT2D eigenvalue weighted by molar-refractivity contribution is -0.265. The standard InChI is InChI=1S/C37H58O7/c1-11-21(2)31(42)44-30-29(43-22(3)39)32(4,5)18-24-23-12-13-26-34(8)16-15-27(40)33(6,7)25(34)14-17-35(26,9)36(23,10)19-28(41)37(24,30)20-38/h11-12,24-30,38,40-41H,13-20H2,1-10H3/b21-11-/t24?,25?,26?,27-,28+,29-,30-,34-,35+,36+,37-/m0/s1. The fourth-order valence-corrected chi connectivity index (χ4v) is 11.7. The van der Waals surface area contributed by atoms with Crippen molar-refractivity contribution >= 4 is 11.9 Å². The number of fused-ring (bicyclic) bond motifs is 7. The van der Waals surface area contributed by atoms with E-state index in [1.165, 1.54) is 12.5 Å². The van der Waals surface area contributed by atoms with Crippen LogP contribution in [0.15, 0.2) is 23.3 Å². The van der Waals surface area contributed by atoms with Gasteiger partial charge in [0, 0.05) is 17.9 Å². The summed E-state index contributed by atoms with van der Waals surface area (Å²) < 4.78 is 12.2. The third-order valence-corrected chi connectivity index (χ3v) is 14.6. The second-order valence-corrected chi connectivity index (χ2v) is 17.2. The molecule has 0 spiro atoms. The van der Waals surface area contributed by atoms with Crippen LogP contribution in [0, 0.1) is 50.2 Å². The van der Waals surface area contributed by atoms with Gasteiger partial charge in [-0.25, -0.2) is 4.79 Å². The van der Waals surface area contributed by atoms with Gasteiger partial charge in [0.2, 0.25) is 0 Å². The first kappa shape index (κ1) is 33.7. The quantitative estimate of drug-likeness (QED) is 0.198. The van der Waals surface area contributed by atoms with E-state index in [1.807, 2.05) is 13.8 Å². The molecule has 11 atom stereocenters. The van der Waals surface area contributed by atoms with Crippen molar-refractivity contribution in [2.24, 2.45) is 50.2 Å². The van der Waals surface area contributed by atoms with Crippen molar-refractivity contribution in [3.63, 3.8) is 0 Å². The van der Waals surface area contributed by atoms with E-state index in [1.54, 1.807) is 19.9 Å². The van der Waals surface area contributed by atoms with Gasteiger partial charge >= 0.3 is 11.9 Å². The van der Waals surface area contributed by atoms with Gasteiger partial charge in [-0.05, 0) is 98.2 Å². The summed E-state index contributed by atoms with van der Waals surface area (Å²) >= 11 is 0. The van der Waals surface area contributed by atoms with Gasteiger partial charge in [0.1, 0.15) is 6.10 Å². The Bertz CT molecular complexity index is 1250. The molecule has 4 fully saturated rings. The lowest BCUT2D eigenvalue weighted by atomic mass is 9.33. The molecule has 0 radical (unpaired) electrons. The first-order valence-corrected chi connectivity index (χ1v) is 17.0. The Morgan fingerprint density at radius 1 is 0.909 bits per heavy atom. The van der Waals surface area contributed by atoms with E-state index >= 15 is 0 Å². The van der Waals surface area contributed by atoms with E-state index in [9.17, 15) is 24.9 Å². The highest BCUT2D eigenvalue weighted by atomic mass is 16.6. The summed E-state index contributed by atoms with van der Waals surface area (Å²) in [4.78, 5) is 25.7. The monoisotopic (exact) mass is 614 g/mol. The number of carbonyl (C=O) groups is 2. The van der Waals surface area contributed by atoms with Crippen LogP contribution < -0.4 is 0 Å². The molecule has 5 aliphatic rings. The smallest absolute Gasteiger partial charge is 0.333 e. The maximum Gasteiger partial charge on any atom is 0.333 e. The van der Waals surface area contributed by atoms with Crippen molar-refractivity contribution < 1.29 is 34.4 Å². The van der Waals surface area contributed by atoms with Crippen LogP contribution in [0.25, 0.3) is 0 Å². The Labute approximate surface area is 264 Å². The second kappa shape index (κ2) is 10.7. The van der Waals surface area contributed by atoms with Crippen molar-refractivity contribution in [1.29, 1.82) is 0 Å². The van der Waals surface area contributed by atoms with Crippen molar-refractivity contribution in [1.82, 2.24) is 0 Å². The Balaban J connectivity index is 1.65. The molecule has 3 unspecified atom stereocenters. The van der Waals surface area contributed by atoms with Gasteiger partial charge < -0.3 is 24.8 Å². The number of hydrogen-bond acceptors (Lipinski definition) is 7. The average molecular weight is 615 g/mol. The highest BCUT2D eigenvalue weighted by Gasteiger charge is 2.73. The van der Waals surface area contributed by atoms with Crippen molar-refractivity contribution in [3.05, 3.63) is 23.3 Å². The molecule has 7 heteroatoms. The van der Waals surface area contributed by atoms with Crippen LogP contribution in [-0.4, -0.2) is 58.3 Å². The molecule has 0 amide bonds. The number of ether oxygens (including phenoxy) is 2. The molecule has 0 saturated heterocycles. The maximum absolute atomic E-state index is 13.3. The Kier molecular flexibility index (Phi) is 8.16. The number of rotatable bonds is 4. The molecule has 0 bridgehead atoms. The molecule has 0 aliphatic heterocycles. The van der Waals surface area contributed by atoms with E-state index in [4.69, 9.17) is 9.47 Å². The summed E-state index contributed by atoms with van der Waals surface area (Å²) in [5.74, 6) is -0.472. The van der Waals surface area contributed by atoms with Gasteiger partial charge in [0.25, 0.3) is 0 Å². The Morgan fingerprint density at radius 2 is 1.57 bits per heavy atom. The average Bonchev–Trinajstić information content (AvgIpc) is 2.92. The van der Waals surface area contributed by atoms with Crippen LogP contribution in [0.1, 0.15) is 114 Å². The van der Waals surface area contributed by atoms with Crippen molar-refractivity contribution in [3.8, 4) is 0 Å². The van der Waals surface area contributed by atoms with E-state index in [0.717, 1.165) is 32.1 Å². The fourth-order valence-electron chi connectivity index (χ4n) is 11.7. The molecule has 44 heavy (non-hydrogen) atoms. The van der Waals surface area contributed by atoms with Crippen LogP contribution in [0.5, 0.6) is 0 Å². The van der Waals surface area contributed by atoms with Crippen molar-refractivity contribution in [2.75, 3.05) is 6.61 Å². The summed E-state index contributed by atoms with van der Waals surface area (Å²) in [5, 5.41) is 34.8. The number of allylic oxidation sites excluding steroid dienone is 3. The minimum atomic E-state index is -1.22. The van der Waals surface area contributed by atoms with E-state index < -0.39 is 41.1 Å². The minimum absolute atomic E-state index is 0.0611. The molecule has 0 aromatic heterocycles. The minimum Gasteiger partial charge on any atom is -0.458 e. The Hall–Kier alpha value is -1.70. The van der Waals surface area contributed by atoms with Gasteiger partial charge in [0.05, 0.1) is 24.2 Å². The predicted molar refractivity (Wildman–Crippen MR) is 169 cm³/mol. The number of aliphatic hydroxyl groups excluding tert-OH is 3. The summed E-state index contributed by atoms with van der Waals surface area (Å²) in [5.41, 5.74) is -0.666. The zero-order chi connectivity index (χ0) is 32.8. The van der Waals surface area contributed by atoms with Gasteiger partial charge in [-0.2, -0.15) is 0 Å². The topological polar surface area (TPSA) is 113 Å². The van der Waals surface area contributed by atoms with Gasteiger partial charge in [0.15, 0.2) is 6.10 Å². The third-order valence-electron chi connectivity index (χ3n) is 14.6. The van der Waals surface area contributed by atoms with Crippen molar-refractivity contribution in [2.45, 2.75) is 139 Å². The summed E-state index contributed by atoms with van der Waals surface area (Å²) in [7, 11) is 0. The van der Waals surface area contributed by atoms with Crippen LogP contribution in [0.2, 0.25) is 0 Å². The molecule has 0 aromatic rings. The zero-order valence-electron chi connectivity index (χ0n) is 28.8. The first-order chi connectivity index (χ1) is 20.3. The first-order valence-electron chi connectivity index (χ1n) is 17.0. The normalized spacial score (nSPS) is 47.6. The van der Waals surface area contributed by atoms with Gasteiger partial charge in [-0.3, -0.25) is 4.79 Å². The molecular weight excluding hydrogens is 556 g/mol. The third kappa shape index (κ3) is 4.37. The van der Waals surface area contributed by atoms with Crippen LogP contribution in [0.3, 0.4) is 0 Å². The molecule has 5 rings (SSSR count). The number of aliphatic hydroxyl groups is 3. The lowest BCUT2D eigenvalue weighted by Crippen LogP contribution is -2.72. The number of esters is 2. The van der Waals surface area contributed by atoms with E-state index in [-0.39, 0.29) is 40.3 Å². The molecule has 0 heterocycles. The lowest BCUT2D eigenvalue weighted by Gasteiger charge is -2.72. The number of hydrogen-bond donors (Lipinski definition) is 3. The second-order valence-electron chi connectivity index (χ2n) is 17.2. The molecular formula is C37H58O7. The number of carbonyl (C=O) groups excluding carboxylic acids is 2. The van der Waals surface area contributed by atoms with Gasteiger partial charge in [-0.15, -0.1) is 0 Å². The van der Waals surface area contributed by atoms with Crippen LogP contribution in [-0.2, 0) is 19.1 Å². The van der Waals surface area contributed by atoms with Gasteiger partial charge in [-0.1, -0.05) is 66.2 Å². The summed E-state index contributed by atoms with van der Waals surface area (Å²) in [6, 6.07) is 0. The highest BCUT2D eigenvalue weighted by Crippen LogP contribution is 2.76. The van der Waals surface area contributed by atoms with Crippen LogP contribution in [0.4, 0.5) is 0 Å². The predicted octanol–water partition coefficient (Wildman–Crippen LogP) is 6.14. The maximum atomic E-state index is 13.3. The van der Waals surface area contributed by atoms with Crippen LogP contribution >= 0.6 is 0 Å². The molecule has 5 aliphatic carbocycles. The molecule has 0 aromatic carbocycles. The SMILES string of the molecule is C/C=C(/C)C(=O)O[C@H]1[C@H](OC(C)=O)C(C)(C)CC2C3=CCC4[C@@]5(C)CC[C@H](O)C(C)(C)C5CC[C@@]4(C)[C@]3(C)C[C@@H](O)[C@]21CO. The molecule has 248 valence electrons. The Morgan fingerprint density at radius 3 is 2.16 bits per heavy atom.